The summed E-state index contributed by atoms with van der Waals surface area (Å²) < 4.78 is 0. The summed E-state index contributed by atoms with van der Waals surface area (Å²) >= 11 is 0. The lowest BCUT2D eigenvalue weighted by atomic mass is 9.99. The van der Waals surface area contributed by atoms with Crippen molar-refractivity contribution in [1.82, 2.24) is 10.2 Å². The quantitative estimate of drug-likeness (QED) is 0.889. The molecule has 1 aliphatic carbocycles. The molecular formula is C19H30N2. The number of hydrogen-bond acceptors (Lipinski definition) is 2. The van der Waals surface area contributed by atoms with Crippen molar-refractivity contribution >= 4 is 0 Å². The van der Waals surface area contributed by atoms with Gasteiger partial charge in [-0.2, -0.15) is 0 Å². The third-order valence-corrected chi connectivity index (χ3v) is 5.37. The van der Waals surface area contributed by atoms with Crippen LogP contribution in [-0.4, -0.2) is 30.6 Å². The van der Waals surface area contributed by atoms with Gasteiger partial charge in [0.1, 0.15) is 0 Å². The van der Waals surface area contributed by atoms with Gasteiger partial charge < -0.3 is 5.32 Å². The van der Waals surface area contributed by atoms with Crippen molar-refractivity contribution in [1.29, 1.82) is 0 Å². The maximum absolute atomic E-state index is 3.69. The summed E-state index contributed by atoms with van der Waals surface area (Å²) in [4.78, 5) is 2.69. The van der Waals surface area contributed by atoms with Crippen LogP contribution in [-0.2, 0) is 13.0 Å². The highest BCUT2D eigenvalue weighted by molar-refractivity contribution is 5.27. The zero-order chi connectivity index (χ0) is 14.5. The molecule has 1 aromatic rings. The first-order valence-corrected chi connectivity index (χ1v) is 8.89. The normalized spacial score (nSPS) is 26.5. The van der Waals surface area contributed by atoms with Crippen molar-refractivity contribution in [2.24, 2.45) is 5.92 Å². The van der Waals surface area contributed by atoms with E-state index < -0.39 is 0 Å². The van der Waals surface area contributed by atoms with Gasteiger partial charge in [-0.15, -0.1) is 0 Å². The molecule has 0 radical (unpaired) electrons. The van der Waals surface area contributed by atoms with Gasteiger partial charge in [0.05, 0.1) is 0 Å². The lowest BCUT2D eigenvalue weighted by molar-refractivity contribution is 0.237. The van der Waals surface area contributed by atoms with E-state index in [4.69, 9.17) is 0 Å². The topological polar surface area (TPSA) is 15.3 Å². The molecule has 2 aliphatic rings. The summed E-state index contributed by atoms with van der Waals surface area (Å²) in [7, 11) is 0. The first-order valence-electron chi connectivity index (χ1n) is 8.89. The van der Waals surface area contributed by atoms with Crippen molar-refractivity contribution in [2.75, 3.05) is 19.6 Å². The number of nitrogens with zero attached hydrogens (tertiary/aromatic N) is 1. The third-order valence-electron chi connectivity index (χ3n) is 5.37. The Kier molecular flexibility index (Phi) is 5.32. The van der Waals surface area contributed by atoms with Gasteiger partial charge in [0.15, 0.2) is 0 Å². The Morgan fingerprint density at radius 3 is 2.86 bits per heavy atom. The molecule has 21 heavy (non-hydrogen) atoms. The van der Waals surface area contributed by atoms with Crippen LogP contribution in [0.15, 0.2) is 24.3 Å². The predicted molar refractivity (Wildman–Crippen MR) is 89.5 cm³/mol. The van der Waals surface area contributed by atoms with Crippen LogP contribution in [0.3, 0.4) is 0 Å². The molecular weight excluding hydrogens is 256 g/mol. The molecule has 1 heterocycles. The van der Waals surface area contributed by atoms with Crippen LogP contribution >= 0.6 is 0 Å². The molecule has 0 amide bonds. The highest BCUT2D eigenvalue weighted by Gasteiger charge is 2.26. The minimum absolute atomic E-state index is 0.786. The molecule has 1 fully saturated rings. The predicted octanol–water partition coefficient (Wildman–Crippen LogP) is 3.60. The van der Waals surface area contributed by atoms with Crippen LogP contribution in [0, 0.1) is 5.92 Å². The second kappa shape index (κ2) is 7.42. The molecule has 1 aromatic carbocycles. The molecule has 2 unspecified atom stereocenters. The van der Waals surface area contributed by atoms with Crippen molar-refractivity contribution < 1.29 is 0 Å². The van der Waals surface area contributed by atoms with Gasteiger partial charge in [-0.05, 0) is 68.8 Å². The number of hydrogen-bond donors (Lipinski definition) is 1. The van der Waals surface area contributed by atoms with E-state index in [1.807, 2.05) is 0 Å². The number of benzene rings is 1. The summed E-state index contributed by atoms with van der Waals surface area (Å²) in [5, 5.41) is 3.69. The number of fused-ring (bicyclic) bond motifs is 1. The van der Waals surface area contributed by atoms with Crippen LogP contribution in [0.25, 0.3) is 0 Å². The van der Waals surface area contributed by atoms with E-state index in [-0.39, 0.29) is 0 Å². The highest BCUT2D eigenvalue weighted by atomic mass is 15.1. The molecule has 0 bridgehead atoms. The Bertz CT molecular complexity index is 443. The summed E-state index contributed by atoms with van der Waals surface area (Å²) in [6.07, 6.45) is 8.20. The number of rotatable bonds is 5. The maximum Gasteiger partial charge on any atom is 0.0236 e. The average molecular weight is 286 g/mol. The van der Waals surface area contributed by atoms with E-state index >= 15 is 0 Å². The minimum Gasteiger partial charge on any atom is -0.314 e. The van der Waals surface area contributed by atoms with Crippen LogP contribution in [0.5, 0.6) is 0 Å². The number of nitrogens with one attached hydrogen (secondary N) is 1. The fourth-order valence-corrected chi connectivity index (χ4v) is 4.22. The van der Waals surface area contributed by atoms with Crippen molar-refractivity contribution in [2.45, 2.75) is 58.0 Å². The number of aryl methyl sites for hydroxylation is 1. The Morgan fingerprint density at radius 1 is 1.14 bits per heavy atom. The lowest BCUT2D eigenvalue weighted by Gasteiger charge is -2.25. The average Bonchev–Trinajstić information content (AvgIpc) is 2.83. The Labute approximate surface area is 129 Å². The Morgan fingerprint density at radius 2 is 2.00 bits per heavy atom. The third kappa shape index (κ3) is 3.87. The first kappa shape index (κ1) is 15.1. The largest absolute Gasteiger partial charge is 0.314 e. The van der Waals surface area contributed by atoms with E-state index in [1.165, 1.54) is 51.6 Å². The van der Waals surface area contributed by atoms with Crippen LogP contribution in [0.2, 0.25) is 0 Å². The van der Waals surface area contributed by atoms with Crippen LogP contribution in [0.4, 0.5) is 0 Å². The van der Waals surface area contributed by atoms with E-state index in [1.54, 1.807) is 11.1 Å². The fraction of sp³-hybridized carbons (Fsp3) is 0.684. The maximum atomic E-state index is 3.69. The first-order chi connectivity index (χ1) is 10.4. The van der Waals surface area contributed by atoms with E-state index in [0.29, 0.717) is 0 Å². The van der Waals surface area contributed by atoms with Gasteiger partial charge in [-0.1, -0.05) is 37.6 Å². The smallest absolute Gasteiger partial charge is 0.0236 e. The summed E-state index contributed by atoms with van der Waals surface area (Å²) in [6.45, 7) is 7.07. The van der Waals surface area contributed by atoms with E-state index in [9.17, 15) is 0 Å². The molecule has 116 valence electrons. The van der Waals surface area contributed by atoms with Crippen molar-refractivity contribution in [3.05, 3.63) is 35.4 Å². The van der Waals surface area contributed by atoms with Crippen molar-refractivity contribution in [3.8, 4) is 0 Å². The van der Waals surface area contributed by atoms with Gasteiger partial charge in [0.25, 0.3) is 0 Å². The Balaban J connectivity index is 1.54. The molecule has 1 N–H and O–H groups in total. The zero-order valence-corrected chi connectivity index (χ0v) is 13.5. The van der Waals surface area contributed by atoms with Gasteiger partial charge in [0, 0.05) is 12.6 Å². The molecule has 2 nitrogen and oxygen atoms in total. The highest BCUT2D eigenvalue weighted by Crippen LogP contribution is 2.29. The second-order valence-corrected chi connectivity index (χ2v) is 6.79. The van der Waals surface area contributed by atoms with E-state index in [0.717, 1.165) is 25.0 Å². The summed E-state index contributed by atoms with van der Waals surface area (Å²) in [5.41, 5.74) is 3.14. The minimum atomic E-state index is 0.786. The SMILES string of the molecule is CCNC1CCCC1CCN1CCCc2ccccc2C1. The summed E-state index contributed by atoms with van der Waals surface area (Å²) in [6, 6.07) is 9.81. The fourth-order valence-electron chi connectivity index (χ4n) is 4.22. The molecule has 1 aliphatic heterocycles. The Hall–Kier alpha value is -0.860. The van der Waals surface area contributed by atoms with Gasteiger partial charge in [0.2, 0.25) is 0 Å². The summed E-state index contributed by atoms with van der Waals surface area (Å²) in [5.74, 6) is 0.906. The van der Waals surface area contributed by atoms with Crippen LogP contribution in [0.1, 0.15) is 50.2 Å². The van der Waals surface area contributed by atoms with Gasteiger partial charge in [-0.25, -0.2) is 0 Å². The molecule has 1 saturated carbocycles. The second-order valence-electron chi connectivity index (χ2n) is 6.79. The molecule has 0 saturated heterocycles. The molecule has 0 aromatic heterocycles. The monoisotopic (exact) mass is 286 g/mol. The zero-order valence-electron chi connectivity index (χ0n) is 13.5. The van der Waals surface area contributed by atoms with Crippen molar-refractivity contribution in [3.63, 3.8) is 0 Å². The van der Waals surface area contributed by atoms with E-state index in [2.05, 4.69) is 41.4 Å². The van der Waals surface area contributed by atoms with Crippen LogP contribution < -0.4 is 5.32 Å². The standard InChI is InChI=1S/C19H30N2/c1-2-20-19-11-5-9-17(19)12-14-21-13-6-10-16-7-3-4-8-18(16)15-21/h3-4,7-8,17,19-20H,2,5-6,9-15H2,1H3. The molecule has 3 rings (SSSR count). The van der Waals surface area contributed by atoms with Gasteiger partial charge in [-0.3, -0.25) is 4.90 Å². The van der Waals surface area contributed by atoms with Gasteiger partial charge >= 0.3 is 0 Å². The lowest BCUT2D eigenvalue weighted by Crippen LogP contribution is -2.34. The molecule has 2 heteroatoms. The molecule has 0 spiro atoms. The molecule has 2 atom stereocenters.